The van der Waals surface area contributed by atoms with E-state index in [1.165, 1.54) is 0 Å². The molecule has 3 N–H and O–H groups in total. The fourth-order valence-corrected chi connectivity index (χ4v) is 6.37. The largest absolute Gasteiger partial charge is 0.399 e. The van der Waals surface area contributed by atoms with Crippen LogP contribution in [0.1, 0.15) is 45.7 Å². The lowest BCUT2D eigenvalue weighted by molar-refractivity contribution is 0.0771. The number of hydrogen-bond donors (Lipinski definition) is 2. The Bertz CT molecular complexity index is 1080. The number of sulfone groups is 1. The van der Waals surface area contributed by atoms with Crippen molar-refractivity contribution in [2.45, 2.75) is 56.4 Å². The van der Waals surface area contributed by atoms with Crippen LogP contribution in [0.15, 0.2) is 30.3 Å². The van der Waals surface area contributed by atoms with Crippen molar-refractivity contribution in [1.82, 2.24) is 9.97 Å². The van der Waals surface area contributed by atoms with Crippen LogP contribution in [0.3, 0.4) is 0 Å². The standard InChI is InChI=1S/C23H32N4O4S/c1-16-15-31-12-11-27(16)20-14-19(25-21(26-20)17-4-6-18(24)7-5-17)23(8-9-23)32(29,30)13-10-22(2,3)28/h4-7,14,16,28H,8-13,15,24H2,1-3H3/t16-/m0/s1. The summed E-state index contributed by atoms with van der Waals surface area (Å²) in [4.78, 5) is 11.7. The Morgan fingerprint density at radius 2 is 1.94 bits per heavy atom. The van der Waals surface area contributed by atoms with Gasteiger partial charge in [-0.15, -0.1) is 0 Å². The van der Waals surface area contributed by atoms with Gasteiger partial charge in [0.15, 0.2) is 15.7 Å². The van der Waals surface area contributed by atoms with Gasteiger partial charge in [-0.05, 0) is 64.3 Å². The van der Waals surface area contributed by atoms with Crippen molar-refractivity contribution < 1.29 is 18.3 Å². The predicted octanol–water partition coefficient (Wildman–Crippen LogP) is 2.52. The molecule has 2 aliphatic rings. The second-order valence-electron chi connectivity index (χ2n) is 9.55. The maximum Gasteiger partial charge on any atom is 0.161 e. The van der Waals surface area contributed by atoms with Crippen LogP contribution in [0.5, 0.6) is 0 Å². The first-order chi connectivity index (χ1) is 15.0. The summed E-state index contributed by atoms with van der Waals surface area (Å²) in [6.45, 7) is 7.18. The van der Waals surface area contributed by atoms with Crippen molar-refractivity contribution in [3.05, 3.63) is 36.0 Å². The molecule has 4 rings (SSSR count). The molecule has 174 valence electrons. The van der Waals surface area contributed by atoms with Crippen LogP contribution in [-0.2, 0) is 19.3 Å². The Morgan fingerprint density at radius 3 is 2.53 bits per heavy atom. The lowest BCUT2D eigenvalue weighted by Crippen LogP contribution is -2.44. The topological polar surface area (TPSA) is 119 Å². The molecule has 32 heavy (non-hydrogen) atoms. The highest BCUT2D eigenvalue weighted by atomic mass is 32.2. The molecule has 1 saturated heterocycles. The average molecular weight is 461 g/mol. The molecule has 1 atom stereocenters. The zero-order valence-corrected chi connectivity index (χ0v) is 19.7. The molecule has 0 unspecified atom stereocenters. The first-order valence-electron chi connectivity index (χ1n) is 11.1. The number of hydrogen-bond acceptors (Lipinski definition) is 8. The highest BCUT2D eigenvalue weighted by Gasteiger charge is 2.57. The normalized spacial score (nSPS) is 20.9. The molecule has 2 fully saturated rings. The van der Waals surface area contributed by atoms with E-state index in [1.54, 1.807) is 26.0 Å². The third-order valence-corrected chi connectivity index (χ3v) is 8.84. The fourth-order valence-electron chi connectivity index (χ4n) is 4.06. The minimum Gasteiger partial charge on any atom is -0.399 e. The first-order valence-corrected chi connectivity index (χ1v) is 12.7. The molecular weight excluding hydrogens is 428 g/mol. The maximum absolute atomic E-state index is 13.4. The highest BCUT2D eigenvalue weighted by Crippen LogP contribution is 2.53. The molecule has 0 bridgehead atoms. The number of aromatic nitrogens is 2. The molecule has 2 heterocycles. The minimum atomic E-state index is -3.52. The summed E-state index contributed by atoms with van der Waals surface area (Å²) in [6, 6.07) is 9.22. The summed E-state index contributed by atoms with van der Waals surface area (Å²) < 4.78 is 31.3. The fraction of sp³-hybridized carbons (Fsp3) is 0.565. The number of rotatable bonds is 7. The third kappa shape index (κ3) is 4.60. The Morgan fingerprint density at radius 1 is 1.25 bits per heavy atom. The van der Waals surface area contributed by atoms with Gasteiger partial charge in [-0.1, -0.05) is 0 Å². The molecule has 1 aromatic carbocycles. The quantitative estimate of drug-likeness (QED) is 0.605. The summed E-state index contributed by atoms with van der Waals surface area (Å²) in [6.07, 6.45) is 1.23. The summed E-state index contributed by atoms with van der Waals surface area (Å²) >= 11 is 0. The minimum absolute atomic E-state index is 0.0823. The zero-order chi connectivity index (χ0) is 23.1. The van der Waals surface area contributed by atoms with Crippen molar-refractivity contribution in [3.63, 3.8) is 0 Å². The van der Waals surface area contributed by atoms with Crippen LogP contribution in [0.25, 0.3) is 11.4 Å². The monoisotopic (exact) mass is 460 g/mol. The number of benzene rings is 1. The Labute approximate surface area is 189 Å². The smallest absolute Gasteiger partial charge is 0.161 e. The zero-order valence-electron chi connectivity index (χ0n) is 18.9. The SMILES string of the molecule is C[C@H]1COCCN1c1cc(C2(S(=O)(=O)CCC(C)(C)O)CC2)nc(-c2ccc(N)cc2)n1. The molecule has 9 heteroatoms. The van der Waals surface area contributed by atoms with E-state index in [9.17, 15) is 13.5 Å². The average Bonchev–Trinajstić information content (AvgIpc) is 3.55. The maximum atomic E-state index is 13.4. The van der Waals surface area contributed by atoms with Crippen LogP contribution in [0.4, 0.5) is 11.5 Å². The number of nitrogens with zero attached hydrogens (tertiary/aromatic N) is 3. The second kappa shape index (κ2) is 8.28. The van der Waals surface area contributed by atoms with Gasteiger partial charge >= 0.3 is 0 Å². The summed E-state index contributed by atoms with van der Waals surface area (Å²) in [7, 11) is -3.52. The van der Waals surface area contributed by atoms with E-state index in [-0.39, 0.29) is 18.2 Å². The molecule has 2 aromatic rings. The van der Waals surface area contributed by atoms with Gasteiger partial charge in [-0.25, -0.2) is 18.4 Å². The van der Waals surface area contributed by atoms with Gasteiger partial charge in [0.25, 0.3) is 0 Å². The van der Waals surface area contributed by atoms with Crippen molar-refractivity contribution in [2.75, 3.05) is 36.1 Å². The number of ether oxygens (including phenoxy) is 1. The molecule has 0 spiro atoms. The Hall–Kier alpha value is -2.23. The van der Waals surface area contributed by atoms with Crippen LogP contribution < -0.4 is 10.6 Å². The van der Waals surface area contributed by atoms with E-state index in [0.717, 1.165) is 5.56 Å². The lowest BCUT2D eigenvalue weighted by Gasteiger charge is -2.35. The molecule has 1 aliphatic carbocycles. The third-order valence-electron chi connectivity index (χ3n) is 6.29. The molecule has 1 aromatic heterocycles. The number of anilines is 2. The van der Waals surface area contributed by atoms with E-state index in [1.807, 2.05) is 18.2 Å². The number of nitrogens with two attached hydrogens (primary N) is 1. The van der Waals surface area contributed by atoms with Crippen LogP contribution in [0.2, 0.25) is 0 Å². The first kappa shape index (κ1) is 22.9. The van der Waals surface area contributed by atoms with Crippen molar-refractivity contribution in [2.24, 2.45) is 0 Å². The van der Waals surface area contributed by atoms with E-state index >= 15 is 0 Å². The molecular formula is C23H32N4O4S. The van der Waals surface area contributed by atoms with Crippen molar-refractivity contribution in [1.29, 1.82) is 0 Å². The van der Waals surface area contributed by atoms with Crippen LogP contribution in [-0.4, -0.2) is 60.6 Å². The molecule has 0 radical (unpaired) electrons. The lowest BCUT2D eigenvalue weighted by atomic mass is 10.1. The van der Waals surface area contributed by atoms with Gasteiger partial charge < -0.3 is 20.5 Å². The van der Waals surface area contributed by atoms with E-state index in [0.29, 0.717) is 55.6 Å². The van der Waals surface area contributed by atoms with Crippen LogP contribution >= 0.6 is 0 Å². The number of morpholine rings is 1. The summed E-state index contributed by atoms with van der Waals surface area (Å²) in [5.41, 5.74) is 6.75. The molecule has 1 saturated carbocycles. The molecule has 0 amide bonds. The van der Waals surface area contributed by atoms with Gasteiger partial charge in [-0.2, -0.15) is 0 Å². The Balaban J connectivity index is 1.78. The van der Waals surface area contributed by atoms with Gasteiger partial charge in [0, 0.05) is 23.9 Å². The van der Waals surface area contributed by atoms with Crippen LogP contribution in [0, 0.1) is 0 Å². The highest BCUT2D eigenvalue weighted by molar-refractivity contribution is 7.92. The van der Waals surface area contributed by atoms with E-state index < -0.39 is 20.2 Å². The summed E-state index contributed by atoms with van der Waals surface area (Å²) in [5, 5.41) is 10.1. The van der Waals surface area contributed by atoms with Crippen molar-refractivity contribution in [3.8, 4) is 11.4 Å². The Kier molecular flexibility index (Phi) is 5.94. The van der Waals surface area contributed by atoms with Gasteiger partial charge in [0.1, 0.15) is 10.6 Å². The second-order valence-corrected chi connectivity index (χ2v) is 12.0. The van der Waals surface area contributed by atoms with Crippen molar-refractivity contribution >= 4 is 21.3 Å². The van der Waals surface area contributed by atoms with E-state index in [2.05, 4.69) is 11.8 Å². The number of aliphatic hydroxyl groups is 1. The van der Waals surface area contributed by atoms with Gasteiger partial charge in [0.05, 0.1) is 36.3 Å². The molecule has 1 aliphatic heterocycles. The predicted molar refractivity (Wildman–Crippen MR) is 125 cm³/mol. The summed E-state index contributed by atoms with van der Waals surface area (Å²) in [5.74, 6) is 1.11. The number of nitrogen functional groups attached to an aromatic ring is 1. The molecule has 8 nitrogen and oxygen atoms in total. The van der Waals surface area contributed by atoms with E-state index in [4.69, 9.17) is 20.4 Å². The van der Waals surface area contributed by atoms with Gasteiger partial charge in [0.2, 0.25) is 0 Å². The van der Waals surface area contributed by atoms with Gasteiger partial charge in [-0.3, -0.25) is 0 Å².